The fraction of sp³-hybridized carbons (Fsp3) is 0.273. The Morgan fingerprint density at radius 2 is 1.97 bits per heavy atom. The van der Waals surface area contributed by atoms with Crippen LogP contribution in [0.3, 0.4) is 0 Å². The molecule has 9 nitrogen and oxygen atoms in total. The number of ether oxygens (including phenoxy) is 2. The van der Waals surface area contributed by atoms with Crippen LogP contribution in [0.25, 0.3) is 0 Å². The molecular weight excluding hydrogens is 398 g/mol. The molecule has 0 unspecified atom stereocenters. The largest absolute Gasteiger partial charge is 0.497 e. The second-order valence-corrected chi connectivity index (χ2v) is 6.79. The number of anilines is 1. The van der Waals surface area contributed by atoms with E-state index >= 15 is 0 Å². The van der Waals surface area contributed by atoms with Crippen LogP contribution in [-0.4, -0.2) is 60.0 Å². The van der Waals surface area contributed by atoms with Crippen molar-refractivity contribution in [2.75, 3.05) is 32.6 Å². The first kappa shape index (κ1) is 21.6. The SMILES string of the molecule is C=CC(=O)N1CC[C@H](Nc2cnc(C(N)=O)c(C#Cc3cc(OC)cc(OC)c3)n2)C1. The molecule has 2 aromatic rings. The van der Waals surface area contributed by atoms with Gasteiger partial charge in [0.15, 0.2) is 5.69 Å². The third kappa shape index (κ3) is 5.30. The van der Waals surface area contributed by atoms with E-state index in [1.165, 1.54) is 12.3 Å². The Hall–Kier alpha value is -4.06. The molecule has 1 aromatic heterocycles. The molecule has 1 saturated heterocycles. The summed E-state index contributed by atoms with van der Waals surface area (Å²) in [5, 5.41) is 3.23. The van der Waals surface area contributed by atoms with Crippen molar-refractivity contribution in [2.45, 2.75) is 12.5 Å². The quantitative estimate of drug-likeness (QED) is 0.531. The number of aromatic nitrogens is 2. The summed E-state index contributed by atoms with van der Waals surface area (Å²) in [6, 6.07) is 5.20. The van der Waals surface area contributed by atoms with Crippen molar-refractivity contribution in [2.24, 2.45) is 5.73 Å². The van der Waals surface area contributed by atoms with Gasteiger partial charge in [0.1, 0.15) is 23.0 Å². The van der Waals surface area contributed by atoms with Crippen LogP contribution in [0.4, 0.5) is 5.82 Å². The number of nitrogens with two attached hydrogens (primary N) is 1. The van der Waals surface area contributed by atoms with Gasteiger partial charge in [0.25, 0.3) is 5.91 Å². The first-order chi connectivity index (χ1) is 14.9. The maximum absolute atomic E-state index is 11.8. The molecule has 160 valence electrons. The van der Waals surface area contributed by atoms with Gasteiger partial charge in [-0.1, -0.05) is 12.5 Å². The molecule has 1 atom stereocenters. The number of rotatable bonds is 6. The lowest BCUT2D eigenvalue weighted by Crippen LogP contribution is -2.30. The molecule has 2 amide bonds. The summed E-state index contributed by atoms with van der Waals surface area (Å²) in [5.41, 5.74) is 6.17. The second kappa shape index (κ2) is 9.63. The van der Waals surface area contributed by atoms with Crippen LogP contribution >= 0.6 is 0 Å². The zero-order valence-corrected chi connectivity index (χ0v) is 17.3. The van der Waals surface area contributed by atoms with Crippen molar-refractivity contribution in [3.63, 3.8) is 0 Å². The van der Waals surface area contributed by atoms with Crippen molar-refractivity contribution < 1.29 is 19.1 Å². The van der Waals surface area contributed by atoms with Crippen LogP contribution in [0, 0.1) is 11.8 Å². The van der Waals surface area contributed by atoms with Gasteiger partial charge in [-0.2, -0.15) is 0 Å². The average Bonchev–Trinajstić information content (AvgIpc) is 3.25. The lowest BCUT2D eigenvalue weighted by Gasteiger charge is -2.15. The fourth-order valence-electron chi connectivity index (χ4n) is 3.15. The molecule has 1 aliphatic heterocycles. The number of benzene rings is 1. The zero-order valence-electron chi connectivity index (χ0n) is 17.3. The smallest absolute Gasteiger partial charge is 0.270 e. The number of methoxy groups -OCH3 is 2. The lowest BCUT2D eigenvalue weighted by atomic mass is 10.2. The van der Waals surface area contributed by atoms with E-state index in [0.29, 0.717) is 36.0 Å². The van der Waals surface area contributed by atoms with Crippen LogP contribution in [0.5, 0.6) is 11.5 Å². The highest BCUT2D eigenvalue weighted by atomic mass is 16.5. The number of primary amides is 1. The first-order valence-corrected chi connectivity index (χ1v) is 9.53. The number of amides is 2. The van der Waals surface area contributed by atoms with E-state index in [0.717, 1.165) is 6.42 Å². The van der Waals surface area contributed by atoms with E-state index in [1.807, 2.05) is 0 Å². The topological polar surface area (TPSA) is 120 Å². The molecule has 0 saturated carbocycles. The number of carbonyl (C=O) groups is 2. The highest BCUT2D eigenvalue weighted by Gasteiger charge is 2.25. The molecule has 1 fully saturated rings. The predicted molar refractivity (Wildman–Crippen MR) is 115 cm³/mol. The third-order valence-electron chi connectivity index (χ3n) is 4.71. The van der Waals surface area contributed by atoms with Gasteiger partial charge in [0, 0.05) is 30.8 Å². The monoisotopic (exact) mass is 421 g/mol. The van der Waals surface area contributed by atoms with Gasteiger partial charge in [0.2, 0.25) is 5.91 Å². The van der Waals surface area contributed by atoms with E-state index in [1.54, 1.807) is 37.3 Å². The van der Waals surface area contributed by atoms with Crippen molar-refractivity contribution in [1.29, 1.82) is 0 Å². The Morgan fingerprint density at radius 1 is 1.26 bits per heavy atom. The third-order valence-corrected chi connectivity index (χ3v) is 4.71. The van der Waals surface area contributed by atoms with Gasteiger partial charge in [-0.15, -0.1) is 0 Å². The van der Waals surface area contributed by atoms with Gasteiger partial charge < -0.3 is 25.4 Å². The maximum Gasteiger partial charge on any atom is 0.270 e. The molecule has 0 bridgehead atoms. The minimum atomic E-state index is -0.727. The van der Waals surface area contributed by atoms with Gasteiger partial charge in [0.05, 0.1) is 20.4 Å². The van der Waals surface area contributed by atoms with Crippen LogP contribution in [0.2, 0.25) is 0 Å². The minimum absolute atomic E-state index is 0.00100. The number of nitrogens with zero attached hydrogens (tertiary/aromatic N) is 3. The zero-order chi connectivity index (χ0) is 22.4. The van der Waals surface area contributed by atoms with E-state index in [-0.39, 0.29) is 23.3 Å². The molecular formula is C22H23N5O4. The molecule has 3 rings (SSSR count). The summed E-state index contributed by atoms with van der Waals surface area (Å²) in [6.45, 7) is 4.66. The summed E-state index contributed by atoms with van der Waals surface area (Å²) >= 11 is 0. The van der Waals surface area contributed by atoms with Gasteiger partial charge in [-0.25, -0.2) is 9.97 Å². The Kier molecular flexibility index (Phi) is 6.72. The minimum Gasteiger partial charge on any atom is -0.497 e. The Balaban J connectivity index is 1.86. The molecule has 1 aromatic carbocycles. The van der Waals surface area contributed by atoms with E-state index in [9.17, 15) is 9.59 Å². The number of hydrogen-bond donors (Lipinski definition) is 2. The molecule has 31 heavy (non-hydrogen) atoms. The molecule has 3 N–H and O–H groups in total. The summed E-state index contributed by atoms with van der Waals surface area (Å²) < 4.78 is 10.5. The molecule has 1 aliphatic rings. The number of hydrogen-bond acceptors (Lipinski definition) is 7. The van der Waals surface area contributed by atoms with E-state index < -0.39 is 5.91 Å². The standard InChI is InChI=1S/C22H23N5O4/c1-4-20(28)27-8-7-15(13-27)25-19-12-24-21(22(23)29)18(26-19)6-5-14-9-16(30-2)11-17(10-14)31-3/h4,9-12,15H,1,7-8,13H2,2-3H3,(H2,23,29)(H,25,26)/t15-/m0/s1. The van der Waals surface area contributed by atoms with Crippen molar-refractivity contribution in [3.05, 3.63) is 54.0 Å². The van der Waals surface area contributed by atoms with Crippen LogP contribution in [0.15, 0.2) is 37.1 Å². The van der Waals surface area contributed by atoms with Gasteiger partial charge in [-0.05, 0) is 30.6 Å². The van der Waals surface area contributed by atoms with Gasteiger partial charge >= 0.3 is 0 Å². The molecule has 9 heteroatoms. The maximum atomic E-state index is 11.8. The van der Waals surface area contributed by atoms with Crippen LogP contribution < -0.4 is 20.5 Å². The Morgan fingerprint density at radius 3 is 2.58 bits per heavy atom. The molecule has 0 aliphatic carbocycles. The lowest BCUT2D eigenvalue weighted by molar-refractivity contribution is -0.125. The number of likely N-dealkylation sites (tertiary alicyclic amines) is 1. The Bertz CT molecular complexity index is 1050. The summed E-state index contributed by atoms with van der Waals surface area (Å²) in [5.74, 6) is 6.57. The second-order valence-electron chi connectivity index (χ2n) is 6.79. The van der Waals surface area contributed by atoms with Crippen LogP contribution in [0.1, 0.15) is 28.2 Å². The van der Waals surface area contributed by atoms with Crippen molar-refractivity contribution in [1.82, 2.24) is 14.9 Å². The number of nitrogens with one attached hydrogen (secondary N) is 1. The summed E-state index contributed by atoms with van der Waals surface area (Å²) in [4.78, 5) is 33.8. The molecule has 2 heterocycles. The van der Waals surface area contributed by atoms with E-state index in [2.05, 4.69) is 33.7 Å². The number of carbonyl (C=O) groups excluding carboxylic acids is 2. The van der Waals surface area contributed by atoms with Crippen LogP contribution in [-0.2, 0) is 4.79 Å². The highest BCUT2D eigenvalue weighted by molar-refractivity contribution is 5.93. The molecule has 0 radical (unpaired) electrons. The average molecular weight is 421 g/mol. The summed E-state index contributed by atoms with van der Waals surface area (Å²) in [6.07, 6.45) is 3.48. The van der Waals surface area contributed by atoms with Crippen molar-refractivity contribution in [3.8, 4) is 23.3 Å². The predicted octanol–water partition coefficient (Wildman–Crippen LogP) is 1.19. The summed E-state index contributed by atoms with van der Waals surface area (Å²) in [7, 11) is 3.09. The highest BCUT2D eigenvalue weighted by Crippen LogP contribution is 2.22. The fourth-order valence-corrected chi connectivity index (χ4v) is 3.15. The van der Waals surface area contributed by atoms with E-state index in [4.69, 9.17) is 15.2 Å². The molecule has 0 spiro atoms. The Labute approximate surface area is 180 Å². The van der Waals surface area contributed by atoms with Gasteiger partial charge in [-0.3, -0.25) is 9.59 Å². The first-order valence-electron chi connectivity index (χ1n) is 9.53. The van der Waals surface area contributed by atoms with Crippen molar-refractivity contribution >= 4 is 17.6 Å². The normalized spacial score (nSPS) is 14.9.